The van der Waals surface area contributed by atoms with Crippen molar-refractivity contribution in [2.24, 2.45) is 0 Å². The molecule has 1 rings (SSSR count). The van der Waals surface area contributed by atoms with E-state index in [1.807, 2.05) is 0 Å². The molecule has 1 aliphatic carbocycles. The zero-order chi connectivity index (χ0) is 8.10. The van der Waals surface area contributed by atoms with Gasteiger partial charge in [0.2, 0.25) is 0 Å². The van der Waals surface area contributed by atoms with Gasteiger partial charge in [0.25, 0.3) is 0 Å². The summed E-state index contributed by atoms with van der Waals surface area (Å²) in [6.07, 6.45) is 2.87. The second-order valence-electron chi connectivity index (χ2n) is 2.63. The number of aliphatic hydroxyl groups excluding tert-OH is 1. The number of ether oxygens (including phenoxy) is 1. The predicted molar refractivity (Wildman–Crippen MR) is 39.2 cm³/mol. The van der Waals surface area contributed by atoms with Crippen molar-refractivity contribution in [2.75, 3.05) is 13.2 Å². The van der Waals surface area contributed by atoms with Gasteiger partial charge in [-0.3, -0.25) is 0 Å². The Kier molecular flexibility index (Phi) is 3.16. The number of carbonyl (C=O) groups excluding carboxylic acids is 1. The number of hydrogen-bond acceptors (Lipinski definition) is 3. The summed E-state index contributed by atoms with van der Waals surface area (Å²) in [6, 6.07) is 0.307. The quantitative estimate of drug-likeness (QED) is 0.621. The van der Waals surface area contributed by atoms with Crippen molar-refractivity contribution < 1.29 is 14.6 Å². The van der Waals surface area contributed by atoms with Gasteiger partial charge in [0.15, 0.2) is 0 Å². The highest BCUT2D eigenvalue weighted by Gasteiger charge is 2.19. The Morgan fingerprint density at radius 1 is 1.64 bits per heavy atom. The SMILES string of the molecule is O=C(NC1CCC1)OCCO. The number of carbonyl (C=O) groups is 1. The fourth-order valence-electron chi connectivity index (χ4n) is 0.899. The molecule has 0 saturated heterocycles. The lowest BCUT2D eigenvalue weighted by Crippen LogP contribution is -2.40. The van der Waals surface area contributed by atoms with Crippen LogP contribution in [0.25, 0.3) is 0 Å². The largest absolute Gasteiger partial charge is 0.447 e. The van der Waals surface area contributed by atoms with Gasteiger partial charge < -0.3 is 15.2 Å². The number of hydrogen-bond donors (Lipinski definition) is 2. The van der Waals surface area contributed by atoms with Crippen molar-refractivity contribution in [3.63, 3.8) is 0 Å². The molecular formula is C7H13NO3. The number of rotatable bonds is 3. The molecule has 0 aliphatic heterocycles. The van der Waals surface area contributed by atoms with Crippen LogP contribution in [0, 0.1) is 0 Å². The fourth-order valence-corrected chi connectivity index (χ4v) is 0.899. The summed E-state index contributed by atoms with van der Waals surface area (Å²) in [5, 5.41) is 11.0. The average Bonchev–Trinajstić information content (AvgIpc) is 1.93. The Morgan fingerprint density at radius 2 is 2.36 bits per heavy atom. The average molecular weight is 159 g/mol. The molecule has 11 heavy (non-hydrogen) atoms. The maximum atomic E-state index is 10.8. The fraction of sp³-hybridized carbons (Fsp3) is 0.857. The molecule has 0 bridgehead atoms. The van der Waals surface area contributed by atoms with Crippen LogP contribution in [-0.2, 0) is 4.74 Å². The van der Waals surface area contributed by atoms with Crippen molar-refractivity contribution in [1.29, 1.82) is 0 Å². The lowest BCUT2D eigenvalue weighted by molar-refractivity contribution is 0.112. The Labute approximate surface area is 65.5 Å². The Hall–Kier alpha value is -0.770. The molecule has 0 unspecified atom stereocenters. The van der Waals surface area contributed by atoms with Gasteiger partial charge in [-0.1, -0.05) is 0 Å². The summed E-state index contributed by atoms with van der Waals surface area (Å²) in [5.41, 5.74) is 0. The smallest absolute Gasteiger partial charge is 0.407 e. The first-order valence-electron chi connectivity index (χ1n) is 3.87. The van der Waals surface area contributed by atoms with Gasteiger partial charge in [0.1, 0.15) is 6.61 Å². The molecule has 0 aromatic heterocycles. The van der Waals surface area contributed by atoms with Crippen molar-refractivity contribution in [2.45, 2.75) is 25.3 Å². The zero-order valence-corrected chi connectivity index (χ0v) is 6.38. The predicted octanol–water partition coefficient (Wildman–Crippen LogP) is 0.257. The van der Waals surface area contributed by atoms with Crippen LogP contribution in [0.2, 0.25) is 0 Å². The van der Waals surface area contributed by atoms with Crippen LogP contribution in [0.15, 0.2) is 0 Å². The summed E-state index contributed by atoms with van der Waals surface area (Å²) in [5.74, 6) is 0. The van der Waals surface area contributed by atoms with Crippen LogP contribution >= 0.6 is 0 Å². The number of amides is 1. The van der Waals surface area contributed by atoms with Crippen LogP contribution in [0.5, 0.6) is 0 Å². The lowest BCUT2D eigenvalue weighted by atomic mass is 9.93. The van der Waals surface area contributed by atoms with Crippen LogP contribution in [0.1, 0.15) is 19.3 Å². The molecule has 0 aromatic carbocycles. The zero-order valence-electron chi connectivity index (χ0n) is 6.38. The molecular weight excluding hydrogens is 146 g/mol. The van der Waals surface area contributed by atoms with Crippen molar-refractivity contribution in [3.8, 4) is 0 Å². The standard InChI is InChI=1S/C7H13NO3/c9-4-5-11-7(10)8-6-2-1-3-6/h6,9H,1-5H2,(H,8,10). The van der Waals surface area contributed by atoms with Gasteiger partial charge in [-0.2, -0.15) is 0 Å². The first-order valence-corrected chi connectivity index (χ1v) is 3.87. The van der Waals surface area contributed by atoms with Crippen LogP contribution in [0.3, 0.4) is 0 Å². The van der Waals surface area contributed by atoms with E-state index < -0.39 is 6.09 Å². The molecule has 1 saturated carbocycles. The van der Waals surface area contributed by atoms with Crippen LogP contribution < -0.4 is 5.32 Å². The monoisotopic (exact) mass is 159 g/mol. The third-order valence-electron chi connectivity index (χ3n) is 1.75. The van der Waals surface area contributed by atoms with E-state index in [9.17, 15) is 4.79 Å². The molecule has 0 heterocycles. The van der Waals surface area contributed by atoms with E-state index >= 15 is 0 Å². The van der Waals surface area contributed by atoms with E-state index in [1.54, 1.807) is 0 Å². The third kappa shape index (κ3) is 2.76. The highest BCUT2D eigenvalue weighted by atomic mass is 16.6. The first kappa shape index (κ1) is 8.33. The third-order valence-corrected chi connectivity index (χ3v) is 1.75. The van der Waals surface area contributed by atoms with E-state index in [0.29, 0.717) is 6.04 Å². The van der Waals surface area contributed by atoms with Gasteiger partial charge in [0.05, 0.1) is 6.61 Å². The van der Waals surface area contributed by atoms with E-state index in [2.05, 4.69) is 10.1 Å². The second-order valence-corrected chi connectivity index (χ2v) is 2.63. The number of alkyl carbamates (subject to hydrolysis) is 1. The summed E-state index contributed by atoms with van der Waals surface area (Å²) < 4.78 is 4.60. The summed E-state index contributed by atoms with van der Waals surface area (Å²) in [4.78, 5) is 10.8. The lowest BCUT2D eigenvalue weighted by Gasteiger charge is -2.25. The molecule has 0 radical (unpaired) electrons. The molecule has 2 N–H and O–H groups in total. The van der Waals surface area contributed by atoms with E-state index in [4.69, 9.17) is 5.11 Å². The van der Waals surface area contributed by atoms with Crippen molar-refractivity contribution >= 4 is 6.09 Å². The van der Waals surface area contributed by atoms with Gasteiger partial charge in [-0.25, -0.2) is 4.79 Å². The minimum Gasteiger partial charge on any atom is -0.447 e. The number of aliphatic hydroxyl groups is 1. The van der Waals surface area contributed by atoms with Crippen molar-refractivity contribution in [3.05, 3.63) is 0 Å². The summed E-state index contributed by atoms with van der Waals surface area (Å²) in [7, 11) is 0. The molecule has 1 aliphatic rings. The molecule has 0 aromatic rings. The molecule has 4 nitrogen and oxygen atoms in total. The Morgan fingerprint density at radius 3 is 2.82 bits per heavy atom. The van der Waals surface area contributed by atoms with Gasteiger partial charge in [-0.15, -0.1) is 0 Å². The minimum atomic E-state index is -0.413. The maximum absolute atomic E-state index is 10.8. The van der Waals surface area contributed by atoms with E-state index in [-0.39, 0.29) is 13.2 Å². The normalized spacial score (nSPS) is 17.2. The summed E-state index contributed by atoms with van der Waals surface area (Å²) >= 11 is 0. The highest BCUT2D eigenvalue weighted by Crippen LogP contribution is 2.17. The molecule has 4 heteroatoms. The summed E-state index contributed by atoms with van der Waals surface area (Å²) in [6.45, 7) is -0.0311. The maximum Gasteiger partial charge on any atom is 0.407 e. The molecule has 64 valence electrons. The first-order chi connectivity index (χ1) is 5.33. The molecule has 0 spiro atoms. The van der Waals surface area contributed by atoms with Gasteiger partial charge in [0, 0.05) is 6.04 Å². The van der Waals surface area contributed by atoms with E-state index in [0.717, 1.165) is 12.8 Å². The molecule has 1 amide bonds. The Balaban J connectivity index is 2.00. The topological polar surface area (TPSA) is 58.6 Å². The van der Waals surface area contributed by atoms with E-state index in [1.165, 1.54) is 6.42 Å². The Bertz CT molecular complexity index is 134. The second kappa shape index (κ2) is 4.18. The van der Waals surface area contributed by atoms with Crippen LogP contribution in [-0.4, -0.2) is 30.5 Å². The van der Waals surface area contributed by atoms with Gasteiger partial charge in [-0.05, 0) is 19.3 Å². The van der Waals surface area contributed by atoms with Crippen LogP contribution in [0.4, 0.5) is 4.79 Å². The highest BCUT2D eigenvalue weighted by molar-refractivity contribution is 5.67. The minimum absolute atomic E-state index is 0.0819. The molecule has 0 atom stereocenters. The molecule has 1 fully saturated rings. The number of nitrogens with one attached hydrogen (secondary N) is 1. The van der Waals surface area contributed by atoms with Crippen molar-refractivity contribution in [1.82, 2.24) is 5.32 Å². The van der Waals surface area contributed by atoms with Gasteiger partial charge >= 0.3 is 6.09 Å².